The third kappa shape index (κ3) is 4.72. The van der Waals surface area contributed by atoms with E-state index in [0.29, 0.717) is 29.7 Å². The molecule has 29 heavy (non-hydrogen) atoms. The first-order valence-electron chi connectivity index (χ1n) is 9.09. The Morgan fingerprint density at radius 3 is 2.86 bits per heavy atom. The summed E-state index contributed by atoms with van der Waals surface area (Å²) in [6.07, 6.45) is 3.21. The van der Waals surface area contributed by atoms with Crippen LogP contribution in [0.2, 0.25) is 0 Å². The predicted octanol–water partition coefficient (Wildman–Crippen LogP) is 4.78. The lowest BCUT2D eigenvalue weighted by Crippen LogP contribution is -2.19. The molecule has 0 saturated carbocycles. The average Bonchev–Trinajstić information content (AvgIpc) is 2.87. The molecule has 8 heteroatoms. The molecule has 0 unspecified atom stereocenters. The Kier molecular flexibility index (Phi) is 5.73. The largest absolute Gasteiger partial charge is 0.492 e. The zero-order valence-electron chi connectivity index (χ0n) is 16.1. The number of nitrogens with zero attached hydrogens (tertiary/aromatic N) is 4. The minimum atomic E-state index is 0.387. The van der Waals surface area contributed by atoms with Gasteiger partial charge in [-0.2, -0.15) is 4.98 Å². The summed E-state index contributed by atoms with van der Waals surface area (Å²) in [6.45, 7) is 1.43. The molecule has 4 rings (SSSR count). The van der Waals surface area contributed by atoms with E-state index in [1.165, 1.54) is 6.33 Å². The Hall–Kier alpha value is -2.97. The highest BCUT2D eigenvalue weighted by atomic mass is 79.9. The van der Waals surface area contributed by atoms with Gasteiger partial charge in [0.25, 0.3) is 5.88 Å². The summed E-state index contributed by atoms with van der Waals surface area (Å²) < 4.78 is 12.8. The van der Waals surface area contributed by atoms with Gasteiger partial charge in [0.05, 0.1) is 0 Å². The Balaban J connectivity index is 1.59. The summed E-state index contributed by atoms with van der Waals surface area (Å²) in [5.74, 6) is 2.34. The van der Waals surface area contributed by atoms with Crippen molar-refractivity contribution in [2.75, 3.05) is 32.6 Å². The number of hydrogen-bond acceptors (Lipinski definition) is 7. The molecule has 7 nitrogen and oxygen atoms in total. The maximum atomic E-state index is 6.06. The van der Waals surface area contributed by atoms with Gasteiger partial charge in [0.1, 0.15) is 24.4 Å². The number of aliphatic imine (C=N–C) groups is 1. The van der Waals surface area contributed by atoms with Gasteiger partial charge in [-0.25, -0.2) is 9.98 Å². The molecule has 1 aromatic heterocycles. The van der Waals surface area contributed by atoms with Crippen molar-refractivity contribution in [2.24, 2.45) is 4.99 Å². The van der Waals surface area contributed by atoms with E-state index in [2.05, 4.69) is 41.1 Å². The van der Waals surface area contributed by atoms with Crippen molar-refractivity contribution in [1.29, 1.82) is 0 Å². The molecule has 3 aromatic rings. The minimum Gasteiger partial charge on any atom is -0.492 e. The molecular formula is C21H20BrN5O2. The highest BCUT2D eigenvalue weighted by molar-refractivity contribution is 9.10. The van der Waals surface area contributed by atoms with Gasteiger partial charge in [-0.3, -0.25) is 0 Å². The number of hydrogen-bond donors (Lipinski definition) is 1. The van der Waals surface area contributed by atoms with Crippen LogP contribution in [0.1, 0.15) is 5.56 Å². The number of ether oxygens (including phenoxy) is 2. The summed E-state index contributed by atoms with van der Waals surface area (Å²) in [5, 5.41) is 3.27. The van der Waals surface area contributed by atoms with Crippen LogP contribution in [-0.2, 0) is 0 Å². The molecule has 1 aliphatic heterocycles. The van der Waals surface area contributed by atoms with Gasteiger partial charge in [-0.05, 0) is 44.4 Å². The second-order valence-electron chi connectivity index (χ2n) is 6.72. The lowest BCUT2D eigenvalue weighted by molar-refractivity contribution is 0.260. The number of rotatable bonds is 6. The molecule has 0 radical (unpaired) electrons. The average molecular weight is 454 g/mol. The molecular weight excluding hydrogens is 434 g/mol. The highest BCUT2D eigenvalue weighted by Crippen LogP contribution is 2.40. The standard InChI is InChI=1S/C21H20BrN5O2/c1-27(2)8-9-28-17-7-6-14-12-23-19-20(26-16-5-3-4-15(22)10-16)24-13-25-21(19)29-18(14)11-17/h3-7,10-13H,8-9H2,1-2H3,(H,24,25,26). The van der Waals surface area contributed by atoms with E-state index in [1.807, 2.05) is 56.6 Å². The zero-order chi connectivity index (χ0) is 20.2. The van der Waals surface area contributed by atoms with Crippen molar-refractivity contribution in [3.05, 3.63) is 58.8 Å². The summed E-state index contributed by atoms with van der Waals surface area (Å²) in [7, 11) is 4.02. The van der Waals surface area contributed by atoms with E-state index < -0.39 is 0 Å². The number of likely N-dealkylation sites (N-methyl/N-ethyl adjacent to an activating group) is 1. The van der Waals surface area contributed by atoms with Gasteiger partial charge >= 0.3 is 0 Å². The molecule has 0 bridgehead atoms. The van der Waals surface area contributed by atoms with Crippen molar-refractivity contribution in [3.63, 3.8) is 0 Å². The Bertz CT molecular complexity index is 1050. The van der Waals surface area contributed by atoms with Crippen LogP contribution >= 0.6 is 15.9 Å². The third-order valence-electron chi connectivity index (χ3n) is 4.21. The maximum absolute atomic E-state index is 6.06. The lowest BCUT2D eigenvalue weighted by atomic mass is 10.2. The van der Waals surface area contributed by atoms with Crippen LogP contribution < -0.4 is 14.8 Å². The smallest absolute Gasteiger partial charge is 0.250 e. The second-order valence-corrected chi connectivity index (χ2v) is 7.64. The molecule has 0 aliphatic carbocycles. The van der Waals surface area contributed by atoms with Crippen molar-refractivity contribution >= 4 is 39.3 Å². The number of halogens is 1. The van der Waals surface area contributed by atoms with Crippen LogP contribution in [0.5, 0.6) is 17.4 Å². The summed E-state index contributed by atoms with van der Waals surface area (Å²) in [4.78, 5) is 15.2. The first-order chi connectivity index (χ1) is 14.1. The van der Waals surface area contributed by atoms with Crippen molar-refractivity contribution < 1.29 is 9.47 Å². The third-order valence-corrected chi connectivity index (χ3v) is 4.70. The van der Waals surface area contributed by atoms with E-state index in [4.69, 9.17) is 9.47 Å². The molecule has 1 aliphatic rings. The van der Waals surface area contributed by atoms with Gasteiger partial charge in [-0.1, -0.05) is 22.0 Å². The summed E-state index contributed by atoms with van der Waals surface area (Å²) in [6, 6.07) is 13.5. The first kappa shape index (κ1) is 19.4. The fraction of sp³-hybridized carbons (Fsp3) is 0.190. The molecule has 2 heterocycles. The van der Waals surface area contributed by atoms with Gasteiger partial charge in [0.15, 0.2) is 11.5 Å². The van der Waals surface area contributed by atoms with Crippen LogP contribution in [0.15, 0.2) is 58.3 Å². The van der Waals surface area contributed by atoms with Crippen molar-refractivity contribution in [3.8, 4) is 17.4 Å². The van der Waals surface area contributed by atoms with E-state index in [-0.39, 0.29) is 0 Å². The van der Waals surface area contributed by atoms with Gasteiger partial charge in [0, 0.05) is 34.5 Å². The molecule has 0 saturated heterocycles. The Morgan fingerprint density at radius 2 is 2.03 bits per heavy atom. The molecule has 0 spiro atoms. The maximum Gasteiger partial charge on any atom is 0.250 e. The fourth-order valence-corrected chi connectivity index (χ4v) is 3.13. The summed E-state index contributed by atoms with van der Waals surface area (Å²) in [5.41, 5.74) is 2.27. The van der Waals surface area contributed by atoms with E-state index in [1.54, 1.807) is 6.21 Å². The van der Waals surface area contributed by atoms with Gasteiger partial charge < -0.3 is 19.7 Å². The van der Waals surface area contributed by atoms with E-state index in [0.717, 1.165) is 28.0 Å². The van der Waals surface area contributed by atoms with Gasteiger partial charge in [0.2, 0.25) is 0 Å². The zero-order valence-corrected chi connectivity index (χ0v) is 17.7. The van der Waals surface area contributed by atoms with Gasteiger partial charge in [-0.15, -0.1) is 0 Å². The number of aromatic nitrogens is 2. The molecule has 1 N–H and O–H groups in total. The topological polar surface area (TPSA) is 71.9 Å². The van der Waals surface area contributed by atoms with Crippen LogP contribution in [0, 0.1) is 0 Å². The van der Waals surface area contributed by atoms with Crippen LogP contribution in [0.4, 0.5) is 17.2 Å². The summed E-state index contributed by atoms with van der Waals surface area (Å²) >= 11 is 3.47. The van der Waals surface area contributed by atoms with E-state index in [9.17, 15) is 0 Å². The van der Waals surface area contributed by atoms with Crippen LogP contribution in [-0.4, -0.2) is 48.3 Å². The second kappa shape index (κ2) is 8.59. The fourth-order valence-electron chi connectivity index (χ4n) is 2.73. The molecule has 0 fully saturated rings. The molecule has 148 valence electrons. The first-order valence-corrected chi connectivity index (χ1v) is 9.89. The molecule has 0 amide bonds. The van der Waals surface area contributed by atoms with Crippen molar-refractivity contribution in [1.82, 2.24) is 14.9 Å². The molecule has 0 atom stereocenters. The van der Waals surface area contributed by atoms with Crippen LogP contribution in [0.25, 0.3) is 0 Å². The molecule has 2 aromatic carbocycles. The monoisotopic (exact) mass is 453 g/mol. The lowest BCUT2D eigenvalue weighted by Gasteiger charge is -2.13. The number of fused-ring (bicyclic) bond motifs is 2. The number of anilines is 2. The normalized spacial score (nSPS) is 12.0. The Morgan fingerprint density at radius 1 is 1.14 bits per heavy atom. The van der Waals surface area contributed by atoms with E-state index >= 15 is 0 Å². The predicted molar refractivity (Wildman–Crippen MR) is 117 cm³/mol. The number of nitrogens with one attached hydrogen (secondary N) is 1. The van der Waals surface area contributed by atoms with Crippen molar-refractivity contribution in [2.45, 2.75) is 0 Å². The number of benzene rings is 2. The minimum absolute atomic E-state index is 0.387. The quantitative estimate of drug-likeness (QED) is 0.452. The Labute approximate surface area is 177 Å². The SMILES string of the molecule is CN(C)CCOc1ccc2c(c1)Oc1ncnc(Nc3cccc(Br)c3)c1N=C2. The highest BCUT2D eigenvalue weighted by Gasteiger charge is 2.18. The van der Waals surface area contributed by atoms with Crippen LogP contribution in [0.3, 0.4) is 0 Å².